The van der Waals surface area contributed by atoms with E-state index in [1.807, 2.05) is 36.4 Å². The molecule has 0 aliphatic rings. The zero-order valence-electron chi connectivity index (χ0n) is 12.1. The molecule has 2 aromatic rings. The van der Waals surface area contributed by atoms with Gasteiger partial charge in [-0.2, -0.15) is 8.42 Å². The Balaban J connectivity index is 0.000000224. The average molecular weight is 314 g/mol. The van der Waals surface area contributed by atoms with Gasteiger partial charge in [-0.3, -0.25) is 4.55 Å². The third kappa shape index (κ3) is 6.35. The summed E-state index contributed by atoms with van der Waals surface area (Å²) in [5, 5.41) is 0. The van der Waals surface area contributed by atoms with Gasteiger partial charge in [0.1, 0.15) is 0 Å². The Kier molecular flexibility index (Phi) is 7.02. The van der Waals surface area contributed by atoms with Crippen molar-refractivity contribution in [3.05, 3.63) is 97.1 Å². The van der Waals surface area contributed by atoms with Gasteiger partial charge in [-0.25, -0.2) is 0 Å². The molecule has 114 valence electrons. The summed E-state index contributed by atoms with van der Waals surface area (Å²) in [6.45, 7) is 7.38. The number of rotatable bonds is 4. The van der Waals surface area contributed by atoms with E-state index in [1.54, 1.807) is 30.4 Å². The van der Waals surface area contributed by atoms with Gasteiger partial charge in [0, 0.05) is 0 Å². The van der Waals surface area contributed by atoms with Crippen molar-refractivity contribution in [2.45, 2.75) is 4.90 Å². The first-order chi connectivity index (χ1) is 10.5. The minimum atomic E-state index is -4.00. The van der Waals surface area contributed by atoms with E-state index in [0.717, 1.165) is 5.57 Å². The summed E-state index contributed by atoms with van der Waals surface area (Å²) in [7, 11) is -4.00. The van der Waals surface area contributed by atoms with Crippen LogP contribution in [0, 0.1) is 0 Å². The minimum Gasteiger partial charge on any atom is -0.282 e. The predicted octanol–water partition coefficient (Wildman–Crippen LogP) is 4.38. The maximum atomic E-state index is 10.4. The molecule has 3 nitrogen and oxygen atoms in total. The van der Waals surface area contributed by atoms with Crippen LogP contribution < -0.4 is 0 Å². The van der Waals surface area contributed by atoms with E-state index in [2.05, 4.69) is 13.2 Å². The Bertz CT molecular complexity index is 720. The molecule has 0 amide bonds. The fourth-order valence-electron chi connectivity index (χ4n) is 1.54. The van der Waals surface area contributed by atoms with Crippen molar-refractivity contribution in [1.82, 2.24) is 0 Å². The summed E-state index contributed by atoms with van der Waals surface area (Å²) >= 11 is 0. The maximum absolute atomic E-state index is 10.4. The van der Waals surface area contributed by atoms with Crippen molar-refractivity contribution in [1.29, 1.82) is 0 Å². The highest BCUT2D eigenvalue weighted by molar-refractivity contribution is 7.85. The first kappa shape index (κ1) is 17.6. The second-order valence-electron chi connectivity index (χ2n) is 4.25. The second kappa shape index (κ2) is 8.77. The Morgan fingerprint density at radius 1 is 0.864 bits per heavy atom. The van der Waals surface area contributed by atoms with Crippen molar-refractivity contribution >= 4 is 16.2 Å². The van der Waals surface area contributed by atoms with Gasteiger partial charge < -0.3 is 0 Å². The molecular weight excluding hydrogens is 296 g/mol. The van der Waals surface area contributed by atoms with E-state index >= 15 is 0 Å². The normalized spacial score (nSPS) is 9.86. The molecule has 2 rings (SSSR count). The topological polar surface area (TPSA) is 54.4 Å². The van der Waals surface area contributed by atoms with Gasteiger partial charge in [-0.1, -0.05) is 73.8 Å². The lowest BCUT2D eigenvalue weighted by atomic mass is 10.1. The third-order valence-corrected chi connectivity index (χ3v) is 3.51. The molecule has 1 N–H and O–H groups in total. The van der Waals surface area contributed by atoms with Crippen LogP contribution in [0.2, 0.25) is 0 Å². The lowest BCUT2D eigenvalue weighted by Gasteiger charge is -1.93. The average Bonchev–Trinajstić information content (AvgIpc) is 2.54. The van der Waals surface area contributed by atoms with Crippen LogP contribution in [0.1, 0.15) is 5.56 Å². The van der Waals surface area contributed by atoms with E-state index in [1.165, 1.54) is 17.7 Å². The summed E-state index contributed by atoms with van der Waals surface area (Å²) in [4.78, 5) is -0.0741. The smallest absolute Gasteiger partial charge is 0.282 e. The highest BCUT2D eigenvalue weighted by Gasteiger charge is 2.05. The molecule has 22 heavy (non-hydrogen) atoms. The molecule has 0 unspecified atom stereocenters. The fraction of sp³-hybridized carbons (Fsp3) is 0. The molecule has 4 heteroatoms. The van der Waals surface area contributed by atoms with Crippen LogP contribution in [0.3, 0.4) is 0 Å². The summed E-state index contributed by atoms with van der Waals surface area (Å²) in [5.41, 5.74) is 2.22. The van der Waals surface area contributed by atoms with Crippen LogP contribution in [0.5, 0.6) is 0 Å². The van der Waals surface area contributed by atoms with Crippen LogP contribution >= 0.6 is 0 Å². The minimum absolute atomic E-state index is 0.0741. The third-order valence-electron chi connectivity index (χ3n) is 2.65. The molecule has 0 fully saturated rings. The van der Waals surface area contributed by atoms with Gasteiger partial charge in [0.05, 0.1) is 4.90 Å². The summed E-state index contributed by atoms with van der Waals surface area (Å²) < 4.78 is 29.2. The Morgan fingerprint density at radius 3 is 1.68 bits per heavy atom. The first-order valence-corrected chi connectivity index (χ1v) is 7.95. The molecule has 0 saturated heterocycles. The molecule has 0 atom stereocenters. The molecule has 2 aromatic carbocycles. The summed E-state index contributed by atoms with van der Waals surface area (Å²) in [6, 6.07) is 17.5. The fourth-order valence-corrected chi connectivity index (χ4v) is 2.04. The van der Waals surface area contributed by atoms with Crippen LogP contribution in [-0.2, 0) is 10.1 Å². The zero-order valence-corrected chi connectivity index (χ0v) is 12.9. The summed E-state index contributed by atoms with van der Waals surface area (Å²) in [6.07, 6.45) is 5.62. The van der Waals surface area contributed by atoms with Crippen LogP contribution in [-0.4, -0.2) is 13.0 Å². The lowest BCUT2D eigenvalue weighted by Crippen LogP contribution is -1.96. The van der Waals surface area contributed by atoms with Crippen molar-refractivity contribution in [3.8, 4) is 0 Å². The second-order valence-corrected chi connectivity index (χ2v) is 5.67. The molecule has 0 bridgehead atoms. The highest BCUT2D eigenvalue weighted by Crippen LogP contribution is 2.07. The van der Waals surface area contributed by atoms with E-state index in [9.17, 15) is 8.42 Å². The largest absolute Gasteiger partial charge is 0.294 e. The molecule has 0 saturated carbocycles. The van der Waals surface area contributed by atoms with Crippen molar-refractivity contribution in [2.24, 2.45) is 0 Å². The quantitative estimate of drug-likeness (QED) is 0.673. The first-order valence-electron chi connectivity index (χ1n) is 6.51. The molecule has 0 aromatic heterocycles. The number of benzene rings is 2. The lowest BCUT2D eigenvalue weighted by molar-refractivity contribution is 0.483. The van der Waals surface area contributed by atoms with Gasteiger partial charge in [-0.05, 0) is 29.3 Å². The van der Waals surface area contributed by atoms with Gasteiger partial charge in [0.2, 0.25) is 0 Å². The SMILES string of the molecule is C=CC(C=C)=Cc1ccccc1.O=S(=O)(O)c1ccccc1. The van der Waals surface area contributed by atoms with Crippen molar-refractivity contribution in [2.75, 3.05) is 0 Å². The molecule has 0 spiro atoms. The molecular formula is C18H18O3S. The Morgan fingerprint density at radius 2 is 1.32 bits per heavy atom. The van der Waals surface area contributed by atoms with E-state index in [4.69, 9.17) is 4.55 Å². The van der Waals surface area contributed by atoms with Gasteiger partial charge in [0.15, 0.2) is 0 Å². The van der Waals surface area contributed by atoms with Crippen LogP contribution in [0.15, 0.2) is 96.4 Å². The van der Waals surface area contributed by atoms with Crippen LogP contribution in [0.4, 0.5) is 0 Å². The van der Waals surface area contributed by atoms with Crippen LogP contribution in [0.25, 0.3) is 6.08 Å². The monoisotopic (exact) mass is 314 g/mol. The van der Waals surface area contributed by atoms with Gasteiger partial charge in [-0.15, -0.1) is 0 Å². The van der Waals surface area contributed by atoms with Crippen molar-refractivity contribution in [3.63, 3.8) is 0 Å². The highest BCUT2D eigenvalue weighted by atomic mass is 32.2. The molecule has 0 aliphatic heterocycles. The number of hydrogen-bond acceptors (Lipinski definition) is 2. The zero-order chi connectivity index (χ0) is 16.4. The van der Waals surface area contributed by atoms with E-state index in [-0.39, 0.29) is 4.90 Å². The number of allylic oxidation sites excluding steroid dienone is 3. The van der Waals surface area contributed by atoms with E-state index in [0.29, 0.717) is 0 Å². The van der Waals surface area contributed by atoms with Crippen molar-refractivity contribution < 1.29 is 13.0 Å². The molecule has 0 radical (unpaired) electrons. The number of hydrogen-bond donors (Lipinski definition) is 1. The van der Waals surface area contributed by atoms with Gasteiger partial charge >= 0.3 is 0 Å². The van der Waals surface area contributed by atoms with E-state index < -0.39 is 10.1 Å². The Hall–Kier alpha value is -2.43. The maximum Gasteiger partial charge on any atom is 0.294 e. The molecule has 0 heterocycles. The molecule has 0 aliphatic carbocycles. The summed E-state index contributed by atoms with van der Waals surface area (Å²) in [5.74, 6) is 0. The standard InChI is InChI=1S/C12H12.C6H6O3S/c1-3-11(4-2)10-12-8-6-5-7-9-12;7-10(8,9)6-4-2-1-3-5-6/h3-10H,1-2H2;1-5H,(H,7,8,9). The Labute approximate surface area is 131 Å². The predicted molar refractivity (Wildman–Crippen MR) is 91.1 cm³/mol. The van der Waals surface area contributed by atoms with Gasteiger partial charge in [0.25, 0.3) is 10.1 Å².